The highest BCUT2D eigenvalue weighted by Crippen LogP contribution is 2.55. The summed E-state index contributed by atoms with van der Waals surface area (Å²) in [5.41, 5.74) is -6.64. The summed E-state index contributed by atoms with van der Waals surface area (Å²) in [4.78, 5) is -0.322. The number of alkyl halides is 6. The fourth-order valence-electron chi connectivity index (χ4n) is 5.08. The summed E-state index contributed by atoms with van der Waals surface area (Å²) in [6.07, 6.45) is -13.7. The molecular weight excluding hydrogens is 624 g/mol. The van der Waals surface area contributed by atoms with Crippen molar-refractivity contribution in [1.29, 1.82) is 0 Å². The molecule has 0 heterocycles. The molecule has 1 N–H and O–H groups in total. The summed E-state index contributed by atoms with van der Waals surface area (Å²) >= 11 is 11.9. The van der Waals surface area contributed by atoms with Gasteiger partial charge in [-0.1, -0.05) is 53.5 Å². The fourth-order valence-corrected chi connectivity index (χ4v) is 7.78. The van der Waals surface area contributed by atoms with Crippen molar-refractivity contribution in [3.63, 3.8) is 0 Å². The largest absolute Gasteiger partial charge is 0.430 e. The Bertz CT molecular complexity index is 1470. The molecule has 14 heteroatoms. The van der Waals surface area contributed by atoms with E-state index in [2.05, 4.69) is 4.74 Å². The predicted octanol–water partition coefficient (Wildman–Crippen LogP) is 7.88. The van der Waals surface area contributed by atoms with Crippen molar-refractivity contribution in [3.05, 3.63) is 99.3 Å². The molecule has 0 aromatic heterocycles. The van der Waals surface area contributed by atoms with E-state index >= 15 is 0 Å². The van der Waals surface area contributed by atoms with Gasteiger partial charge >= 0.3 is 12.4 Å². The van der Waals surface area contributed by atoms with Gasteiger partial charge in [-0.25, -0.2) is 12.8 Å². The van der Waals surface area contributed by atoms with Crippen LogP contribution in [0.2, 0.25) is 10.0 Å². The number of sulfone groups is 1. The van der Waals surface area contributed by atoms with Crippen LogP contribution >= 0.6 is 23.2 Å². The Morgan fingerprint density at radius 1 is 0.878 bits per heavy atom. The molecule has 0 saturated heterocycles. The van der Waals surface area contributed by atoms with Crippen molar-refractivity contribution in [2.75, 3.05) is 0 Å². The van der Waals surface area contributed by atoms with E-state index in [1.165, 1.54) is 18.2 Å². The van der Waals surface area contributed by atoms with Gasteiger partial charge in [0.05, 0.1) is 17.6 Å². The first-order chi connectivity index (χ1) is 19.0. The van der Waals surface area contributed by atoms with Crippen LogP contribution in [0.4, 0.5) is 30.7 Å². The van der Waals surface area contributed by atoms with Crippen LogP contribution < -0.4 is 0 Å². The average molecular weight is 645 g/mol. The number of hydrogen-bond donors (Lipinski definition) is 1. The van der Waals surface area contributed by atoms with Crippen LogP contribution in [0.5, 0.6) is 0 Å². The van der Waals surface area contributed by atoms with Gasteiger partial charge in [0.1, 0.15) is 10.6 Å². The van der Waals surface area contributed by atoms with E-state index in [-0.39, 0.29) is 45.3 Å². The van der Waals surface area contributed by atoms with Crippen LogP contribution in [-0.2, 0) is 31.5 Å². The van der Waals surface area contributed by atoms with Gasteiger partial charge in [0.15, 0.2) is 9.84 Å². The van der Waals surface area contributed by atoms with Crippen molar-refractivity contribution in [1.82, 2.24) is 0 Å². The Hall–Kier alpha value is -2.38. The zero-order chi connectivity index (χ0) is 30.4. The van der Waals surface area contributed by atoms with E-state index in [4.69, 9.17) is 23.2 Å². The lowest BCUT2D eigenvalue weighted by Crippen LogP contribution is -2.55. The van der Waals surface area contributed by atoms with Crippen molar-refractivity contribution in [2.24, 2.45) is 0 Å². The molecule has 3 aromatic rings. The highest BCUT2D eigenvalue weighted by Gasteiger charge is 2.73. The smallest absolute Gasteiger partial charge is 0.393 e. The monoisotopic (exact) mass is 644 g/mol. The highest BCUT2D eigenvalue weighted by molar-refractivity contribution is 7.92. The maximum absolute atomic E-state index is 14.4. The number of rotatable bonds is 7. The Kier molecular flexibility index (Phi) is 8.49. The number of benzene rings is 3. The Morgan fingerprint density at radius 3 is 1.88 bits per heavy atom. The van der Waals surface area contributed by atoms with Crippen LogP contribution in [0.15, 0.2) is 71.6 Å². The maximum Gasteiger partial charge on any atom is 0.430 e. The van der Waals surface area contributed by atoms with Gasteiger partial charge in [-0.15, -0.1) is 0 Å². The molecule has 1 aliphatic carbocycles. The molecule has 41 heavy (non-hydrogen) atoms. The first-order valence-corrected chi connectivity index (χ1v) is 14.2. The topological polar surface area (TPSA) is 63.6 Å². The van der Waals surface area contributed by atoms with Gasteiger partial charge in [-0.2, -0.15) is 26.3 Å². The molecule has 1 aliphatic rings. The molecule has 4 nitrogen and oxygen atoms in total. The molecule has 0 aliphatic heterocycles. The molecule has 222 valence electrons. The van der Waals surface area contributed by atoms with E-state index in [9.17, 15) is 44.3 Å². The molecule has 0 radical (unpaired) electrons. The molecule has 3 aromatic carbocycles. The Morgan fingerprint density at radius 2 is 1.41 bits per heavy atom. The summed E-state index contributed by atoms with van der Waals surface area (Å²) in [7, 11) is -4.40. The minimum Gasteiger partial charge on any atom is -0.393 e. The second-order valence-corrected chi connectivity index (χ2v) is 12.7. The van der Waals surface area contributed by atoms with Gasteiger partial charge in [-0.3, -0.25) is 0 Å². The van der Waals surface area contributed by atoms with E-state index in [1.54, 1.807) is 0 Å². The molecular formula is C27H21Cl2F7O4S. The Balaban J connectivity index is 1.83. The summed E-state index contributed by atoms with van der Waals surface area (Å²) < 4.78 is 130. The first kappa shape index (κ1) is 31.6. The number of ether oxygens (including phenoxy) is 1. The van der Waals surface area contributed by atoms with Crippen molar-refractivity contribution < 1.29 is 49.0 Å². The molecule has 0 bridgehead atoms. The summed E-state index contributed by atoms with van der Waals surface area (Å²) in [6, 6.07) is 10.3. The Labute approximate surface area is 240 Å². The number of hydrogen-bond acceptors (Lipinski definition) is 4. The third kappa shape index (κ3) is 5.45. The van der Waals surface area contributed by atoms with Gasteiger partial charge in [0.2, 0.25) is 0 Å². The van der Waals surface area contributed by atoms with Crippen LogP contribution in [0.1, 0.15) is 36.0 Å². The lowest BCUT2D eigenvalue weighted by Gasteiger charge is -2.38. The molecule has 0 spiro atoms. The SMILES string of the molecule is O=S(=O)(c1ccc(F)cc1)C1(c2ccc(C(OCc3c(Cl)cccc3Cl)(C(F)(F)F)C(F)(F)F)cc2)CCC(O)C1. The quantitative estimate of drug-likeness (QED) is 0.210. The number of halogens is 9. The van der Waals surface area contributed by atoms with Crippen molar-refractivity contribution in [2.45, 2.75) is 59.6 Å². The second kappa shape index (κ2) is 11.0. The maximum atomic E-state index is 14.4. The number of aliphatic hydroxyl groups excluding tert-OH is 1. The third-order valence-electron chi connectivity index (χ3n) is 7.20. The number of aliphatic hydroxyl groups is 1. The minimum absolute atomic E-state index is 0.00107. The van der Waals surface area contributed by atoms with E-state index in [0.29, 0.717) is 12.1 Å². The van der Waals surface area contributed by atoms with Gasteiger partial charge < -0.3 is 9.84 Å². The third-order valence-corrected chi connectivity index (χ3v) is 10.4. The molecule has 1 saturated carbocycles. The zero-order valence-electron chi connectivity index (χ0n) is 20.7. The minimum atomic E-state index is -6.03. The molecule has 4 rings (SSSR count). The molecule has 0 amide bonds. The summed E-state index contributed by atoms with van der Waals surface area (Å²) in [5.74, 6) is -0.720. The van der Waals surface area contributed by atoms with Gasteiger partial charge in [-0.05, 0) is 61.2 Å². The molecule has 2 unspecified atom stereocenters. The van der Waals surface area contributed by atoms with Gasteiger partial charge in [0, 0.05) is 21.2 Å². The van der Waals surface area contributed by atoms with Crippen LogP contribution in [-0.4, -0.2) is 32.0 Å². The average Bonchev–Trinajstić information content (AvgIpc) is 3.28. The van der Waals surface area contributed by atoms with Crippen molar-refractivity contribution in [3.8, 4) is 0 Å². The lowest BCUT2D eigenvalue weighted by molar-refractivity contribution is -0.392. The predicted molar refractivity (Wildman–Crippen MR) is 137 cm³/mol. The van der Waals surface area contributed by atoms with E-state index in [1.807, 2.05) is 0 Å². The van der Waals surface area contributed by atoms with Gasteiger partial charge in [0.25, 0.3) is 5.60 Å². The van der Waals surface area contributed by atoms with E-state index in [0.717, 1.165) is 36.4 Å². The standard InChI is InChI=1S/C27H21Cl2F7O4S/c28-22-2-1-3-23(29)21(22)15-40-25(26(31,32)33,27(34,35)36)17-6-4-16(5-7-17)24(13-12-19(37)14-24)41(38,39)20-10-8-18(30)9-11-20/h1-11,19,37H,12-15H2. The van der Waals surface area contributed by atoms with Crippen molar-refractivity contribution >= 4 is 33.0 Å². The lowest BCUT2D eigenvalue weighted by atomic mass is 9.88. The normalized spacial score (nSPS) is 20.4. The fraction of sp³-hybridized carbons (Fsp3) is 0.333. The van der Waals surface area contributed by atoms with Crippen LogP contribution in [0.3, 0.4) is 0 Å². The molecule has 2 atom stereocenters. The second-order valence-electron chi connectivity index (χ2n) is 9.59. The summed E-state index contributed by atoms with van der Waals surface area (Å²) in [6.45, 7) is -1.26. The zero-order valence-corrected chi connectivity index (χ0v) is 23.1. The highest BCUT2D eigenvalue weighted by atomic mass is 35.5. The van der Waals surface area contributed by atoms with Crippen LogP contribution in [0.25, 0.3) is 0 Å². The summed E-state index contributed by atoms with van der Waals surface area (Å²) in [5, 5.41) is 9.82. The van der Waals surface area contributed by atoms with Crippen LogP contribution in [0, 0.1) is 5.82 Å². The molecule has 1 fully saturated rings. The van der Waals surface area contributed by atoms with E-state index < -0.39 is 56.6 Å². The first-order valence-electron chi connectivity index (χ1n) is 12.0.